The molecule has 5 heterocycles. The minimum absolute atomic E-state index is 0.00677. The minimum Gasteiger partial charge on any atom is -0.322 e. The van der Waals surface area contributed by atoms with Gasteiger partial charge in [-0.1, -0.05) is 17.7 Å². The van der Waals surface area contributed by atoms with Crippen molar-refractivity contribution in [3.05, 3.63) is 58.5 Å². The number of nitrogens with zero attached hydrogens (tertiary/aromatic N) is 6. The fraction of sp³-hybridized carbons (Fsp3) is 0.357. The first-order valence-corrected chi connectivity index (χ1v) is 13.8. The average molecular weight is 604 g/mol. The van der Waals surface area contributed by atoms with Crippen molar-refractivity contribution in [1.29, 1.82) is 0 Å². The Labute approximate surface area is 238 Å². The second kappa shape index (κ2) is 9.54. The van der Waals surface area contributed by atoms with Crippen molar-refractivity contribution in [1.82, 2.24) is 29.9 Å². The van der Waals surface area contributed by atoms with Gasteiger partial charge in [-0.25, -0.2) is 19.9 Å². The van der Waals surface area contributed by atoms with E-state index in [1.54, 1.807) is 41.2 Å². The van der Waals surface area contributed by atoms with E-state index < -0.39 is 6.04 Å². The largest absolute Gasteiger partial charge is 0.322 e. The van der Waals surface area contributed by atoms with Crippen LogP contribution in [0.1, 0.15) is 48.6 Å². The SMILES string of the molecule is CC(=O)c1[nH][n+](CC(=O)N2[C@H](C(=O)Nc3nc(Br)ccc3C)C[C@@]3(C)C[C@@H]23)c2cnc(-c3cnc(C)nc3)cc12. The molecule has 1 aliphatic heterocycles. The Balaban J connectivity index is 1.29. The Morgan fingerprint density at radius 3 is 2.62 bits per heavy atom. The van der Waals surface area contributed by atoms with Gasteiger partial charge >= 0.3 is 0 Å². The highest BCUT2D eigenvalue weighted by atomic mass is 79.9. The molecular weight excluding hydrogens is 576 g/mol. The molecule has 0 radical (unpaired) electrons. The molecule has 0 unspecified atom stereocenters. The number of carbonyl (C=O) groups excluding carboxylic acids is 3. The molecule has 2 amide bonds. The molecule has 3 atom stereocenters. The van der Waals surface area contributed by atoms with E-state index in [-0.39, 0.29) is 35.6 Å². The van der Waals surface area contributed by atoms with Gasteiger partial charge in [0.15, 0.2) is 11.5 Å². The maximum absolute atomic E-state index is 13.8. The van der Waals surface area contributed by atoms with Crippen LogP contribution in [-0.2, 0) is 16.1 Å². The maximum atomic E-state index is 13.8. The summed E-state index contributed by atoms with van der Waals surface area (Å²) in [6.07, 6.45) is 6.45. The van der Waals surface area contributed by atoms with E-state index in [9.17, 15) is 14.4 Å². The van der Waals surface area contributed by atoms with Gasteiger partial charge < -0.3 is 10.2 Å². The Bertz CT molecular complexity index is 1700. The summed E-state index contributed by atoms with van der Waals surface area (Å²) in [7, 11) is 0. The zero-order valence-corrected chi connectivity index (χ0v) is 24.1. The average Bonchev–Trinajstić information content (AvgIpc) is 3.28. The minimum atomic E-state index is -0.614. The lowest BCUT2D eigenvalue weighted by molar-refractivity contribution is -0.715. The number of anilines is 1. The lowest BCUT2D eigenvalue weighted by Gasteiger charge is -2.25. The molecule has 1 saturated carbocycles. The maximum Gasteiger partial charge on any atom is 0.291 e. The standard InChI is InChI=1S/C28H27BrN8O3/c1-14-5-6-23(29)33-26(14)34-27(40)20-8-28(4)9-22(28)37(20)24(39)13-36-21-12-32-19(17-10-30-16(3)31-11-17)7-18(21)25(35-36)15(2)38/h5-7,10-12,20,22H,8-9,13H2,1-4H3,(H,33,34,40)/p+1/t20-,22+,28-/m0/s1. The lowest BCUT2D eigenvalue weighted by atomic mass is 10.0. The number of amides is 2. The van der Waals surface area contributed by atoms with Gasteiger partial charge in [0, 0.05) is 30.9 Å². The van der Waals surface area contributed by atoms with E-state index in [1.165, 1.54) is 6.92 Å². The summed E-state index contributed by atoms with van der Waals surface area (Å²) in [5, 5.41) is 6.67. The number of carbonyl (C=O) groups is 3. The van der Waals surface area contributed by atoms with Crippen molar-refractivity contribution in [2.45, 2.75) is 59.2 Å². The quantitative estimate of drug-likeness (QED) is 0.196. The number of rotatable bonds is 6. The number of aromatic amines is 1. The zero-order chi connectivity index (χ0) is 28.3. The third-order valence-corrected chi connectivity index (χ3v) is 8.38. The van der Waals surface area contributed by atoms with E-state index in [2.05, 4.69) is 53.2 Å². The second-order valence-corrected chi connectivity index (χ2v) is 11.7. The molecule has 4 aromatic rings. The lowest BCUT2D eigenvalue weighted by Crippen LogP contribution is -2.52. The summed E-state index contributed by atoms with van der Waals surface area (Å²) in [4.78, 5) is 58.8. The molecule has 12 heteroatoms. The molecule has 1 aliphatic carbocycles. The van der Waals surface area contributed by atoms with Gasteiger partial charge in [0.05, 0.1) is 11.1 Å². The molecule has 2 fully saturated rings. The number of halogens is 1. The molecule has 2 N–H and O–H groups in total. The van der Waals surface area contributed by atoms with Crippen LogP contribution in [0.25, 0.3) is 22.2 Å². The van der Waals surface area contributed by atoms with Crippen LogP contribution in [0, 0.1) is 19.3 Å². The summed E-state index contributed by atoms with van der Waals surface area (Å²) in [5.41, 5.74) is 3.08. The smallest absolute Gasteiger partial charge is 0.291 e. The van der Waals surface area contributed by atoms with Gasteiger partial charge in [-0.3, -0.25) is 14.4 Å². The number of aryl methyl sites for hydroxylation is 2. The fourth-order valence-corrected chi connectivity index (χ4v) is 5.91. The van der Waals surface area contributed by atoms with Crippen molar-refractivity contribution < 1.29 is 19.1 Å². The van der Waals surface area contributed by atoms with E-state index >= 15 is 0 Å². The zero-order valence-electron chi connectivity index (χ0n) is 22.5. The second-order valence-electron chi connectivity index (χ2n) is 10.9. The number of fused-ring (bicyclic) bond motifs is 2. The van der Waals surface area contributed by atoms with Gasteiger partial charge in [-0.15, -0.1) is 0 Å². The Kier molecular flexibility index (Phi) is 6.25. The van der Waals surface area contributed by atoms with Crippen molar-refractivity contribution in [2.24, 2.45) is 5.41 Å². The first-order chi connectivity index (χ1) is 19.0. The number of likely N-dealkylation sites (tertiary alicyclic amines) is 1. The van der Waals surface area contributed by atoms with Crippen molar-refractivity contribution >= 4 is 50.2 Å². The number of pyridine rings is 2. The van der Waals surface area contributed by atoms with Crippen LogP contribution in [0.15, 0.2) is 41.4 Å². The van der Waals surface area contributed by atoms with Crippen LogP contribution in [0.2, 0.25) is 0 Å². The van der Waals surface area contributed by atoms with Gasteiger partial charge in [-0.05, 0) is 65.7 Å². The Hall–Kier alpha value is -4.06. The Morgan fingerprint density at radius 1 is 1.15 bits per heavy atom. The molecule has 11 nitrogen and oxygen atoms in total. The molecule has 0 bridgehead atoms. The summed E-state index contributed by atoms with van der Waals surface area (Å²) < 4.78 is 2.25. The normalized spacial score (nSPS) is 21.4. The number of hydrogen-bond acceptors (Lipinski definition) is 7. The molecule has 40 heavy (non-hydrogen) atoms. The van der Waals surface area contributed by atoms with Crippen molar-refractivity contribution in [3.8, 4) is 11.3 Å². The summed E-state index contributed by atoms with van der Waals surface area (Å²) in [5.74, 6) is 0.487. The molecule has 0 spiro atoms. The van der Waals surface area contributed by atoms with E-state index in [0.717, 1.165) is 17.5 Å². The summed E-state index contributed by atoms with van der Waals surface area (Å²) >= 11 is 3.35. The van der Waals surface area contributed by atoms with Crippen molar-refractivity contribution in [2.75, 3.05) is 5.32 Å². The first-order valence-electron chi connectivity index (χ1n) is 13.0. The van der Waals surface area contributed by atoms with Crippen LogP contribution in [0.4, 0.5) is 5.82 Å². The van der Waals surface area contributed by atoms with Gasteiger partial charge in [0.2, 0.25) is 12.5 Å². The van der Waals surface area contributed by atoms with E-state index in [4.69, 9.17) is 0 Å². The molecule has 4 aromatic heterocycles. The summed E-state index contributed by atoms with van der Waals surface area (Å²) in [6, 6.07) is 4.86. The molecule has 2 aliphatic rings. The first kappa shape index (κ1) is 26.2. The van der Waals surface area contributed by atoms with Gasteiger partial charge in [0.1, 0.15) is 28.5 Å². The molecule has 6 rings (SSSR count). The monoisotopic (exact) mass is 603 g/mol. The summed E-state index contributed by atoms with van der Waals surface area (Å²) in [6.45, 7) is 7.19. The number of piperidine rings is 1. The molecule has 0 aromatic carbocycles. The Morgan fingerprint density at radius 2 is 1.90 bits per heavy atom. The number of hydrogen-bond donors (Lipinski definition) is 2. The highest BCUT2D eigenvalue weighted by Gasteiger charge is 2.64. The highest BCUT2D eigenvalue weighted by Crippen LogP contribution is 2.59. The number of H-pyrrole nitrogens is 1. The molecular formula is C28H28BrN8O3+. The van der Waals surface area contributed by atoms with Crippen LogP contribution < -0.4 is 10.00 Å². The van der Waals surface area contributed by atoms with E-state index in [0.29, 0.717) is 45.0 Å². The van der Waals surface area contributed by atoms with E-state index in [1.807, 2.05) is 19.1 Å². The van der Waals surface area contributed by atoms with Crippen LogP contribution in [0.3, 0.4) is 0 Å². The fourth-order valence-electron chi connectivity index (χ4n) is 5.60. The van der Waals surface area contributed by atoms with Crippen LogP contribution >= 0.6 is 15.9 Å². The van der Waals surface area contributed by atoms with Gasteiger partial charge in [0.25, 0.3) is 11.4 Å². The topological polar surface area (TPSA) is 138 Å². The number of nitrogens with one attached hydrogen (secondary N) is 2. The van der Waals surface area contributed by atoms with Crippen molar-refractivity contribution in [3.63, 3.8) is 0 Å². The number of aromatic nitrogens is 6. The highest BCUT2D eigenvalue weighted by molar-refractivity contribution is 9.10. The predicted octanol–water partition coefficient (Wildman–Crippen LogP) is 3.30. The predicted molar refractivity (Wildman–Crippen MR) is 149 cm³/mol. The molecule has 204 valence electrons. The van der Waals surface area contributed by atoms with Gasteiger partial charge in [-0.2, -0.15) is 5.10 Å². The third-order valence-electron chi connectivity index (χ3n) is 7.94. The third kappa shape index (κ3) is 4.55. The molecule has 1 saturated heterocycles. The van der Waals surface area contributed by atoms with Crippen LogP contribution in [-0.4, -0.2) is 59.6 Å². The van der Waals surface area contributed by atoms with Crippen LogP contribution in [0.5, 0.6) is 0 Å². The number of ketones is 1. The number of Topliss-reactive ketones (excluding diaryl/α,β-unsaturated/α-hetero) is 1.